The minimum absolute atomic E-state index is 0.0236. The molecule has 0 saturated heterocycles. The van der Waals surface area contributed by atoms with Gasteiger partial charge in [0.15, 0.2) is 0 Å². The second kappa shape index (κ2) is 9.34. The predicted molar refractivity (Wildman–Crippen MR) is 110 cm³/mol. The number of aryl methyl sites for hydroxylation is 1. The summed E-state index contributed by atoms with van der Waals surface area (Å²) in [5.41, 5.74) is 1.29. The van der Waals surface area contributed by atoms with Crippen molar-refractivity contribution in [1.82, 2.24) is 10.3 Å². The van der Waals surface area contributed by atoms with Gasteiger partial charge in [0, 0.05) is 11.1 Å². The number of carboxylic acid groups (broad SMARTS) is 1. The lowest BCUT2D eigenvalue weighted by molar-refractivity contribution is -0.137. The number of benzene rings is 2. The fourth-order valence-corrected chi connectivity index (χ4v) is 3.14. The Hall–Kier alpha value is -3.81. The van der Waals surface area contributed by atoms with Crippen molar-refractivity contribution in [2.75, 3.05) is 7.11 Å². The van der Waals surface area contributed by atoms with Gasteiger partial charge in [0.2, 0.25) is 0 Å². The first-order chi connectivity index (χ1) is 14.8. The van der Waals surface area contributed by atoms with Crippen LogP contribution in [0.3, 0.4) is 0 Å². The number of pyridine rings is 1. The van der Waals surface area contributed by atoms with Gasteiger partial charge in [0.1, 0.15) is 28.8 Å². The number of ether oxygens (including phenoxy) is 1. The molecule has 3 aromatic rings. The summed E-state index contributed by atoms with van der Waals surface area (Å²) < 4.78 is 33.2. The average molecular weight is 426 g/mol. The third-order valence-electron chi connectivity index (χ3n) is 4.71. The van der Waals surface area contributed by atoms with E-state index in [2.05, 4.69) is 10.3 Å². The van der Waals surface area contributed by atoms with E-state index >= 15 is 0 Å². The van der Waals surface area contributed by atoms with Crippen LogP contribution >= 0.6 is 0 Å². The molecule has 0 saturated carbocycles. The first-order valence-corrected chi connectivity index (χ1v) is 9.38. The van der Waals surface area contributed by atoms with E-state index in [1.807, 2.05) is 0 Å². The molecule has 0 aliphatic heterocycles. The van der Waals surface area contributed by atoms with Crippen molar-refractivity contribution >= 4 is 11.9 Å². The van der Waals surface area contributed by atoms with Crippen molar-refractivity contribution in [1.29, 1.82) is 0 Å². The van der Waals surface area contributed by atoms with Crippen molar-refractivity contribution < 1.29 is 28.2 Å². The Morgan fingerprint density at radius 3 is 2.48 bits per heavy atom. The Kier molecular flexibility index (Phi) is 6.59. The summed E-state index contributed by atoms with van der Waals surface area (Å²) in [7, 11) is 1.44. The van der Waals surface area contributed by atoms with Crippen LogP contribution in [0.25, 0.3) is 11.3 Å². The fraction of sp³-hybridized carbons (Fsp3) is 0.174. The van der Waals surface area contributed by atoms with Crippen LogP contribution in [0.5, 0.6) is 5.75 Å². The quantitative estimate of drug-likeness (QED) is 0.588. The summed E-state index contributed by atoms with van der Waals surface area (Å²) >= 11 is 0. The summed E-state index contributed by atoms with van der Waals surface area (Å²) in [6, 6.07) is 11.9. The molecule has 0 aliphatic rings. The number of rotatable bonds is 7. The van der Waals surface area contributed by atoms with Crippen LogP contribution in [0.15, 0.2) is 54.6 Å². The van der Waals surface area contributed by atoms with Gasteiger partial charge >= 0.3 is 5.97 Å². The summed E-state index contributed by atoms with van der Waals surface area (Å²) in [6.07, 6.45) is -0.507. The number of halogens is 2. The van der Waals surface area contributed by atoms with Gasteiger partial charge < -0.3 is 15.2 Å². The number of nitrogens with one attached hydrogen (secondary N) is 1. The van der Waals surface area contributed by atoms with Crippen LogP contribution in [-0.2, 0) is 4.79 Å². The second-order valence-electron chi connectivity index (χ2n) is 6.86. The van der Waals surface area contributed by atoms with Crippen molar-refractivity contribution in [3.8, 4) is 17.0 Å². The Balaban J connectivity index is 1.95. The Bertz CT molecular complexity index is 1130. The number of carbonyl (C=O) groups excluding carboxylic acids is 1. The zero-order valence-electron chi connectivity index (χ0n) is 16.9. The summed E-state index contributed by atoms with van der Waals surface area (Å²) in [6.45, 7) is 1.60. The van der Waals surface area contributed by atoms with Crippen molar-refractivity contribution in [3.63, 3.8) is 0 Å². The maximum atomic E-state index is 14.2. The topological polar surface area (TPSA) is 88.5 Å². The first-order valence-electron chi connectivity index (χ1n) is 9.38. The van der Waals surface area contributed by atoms with E-state index < -0.39 is 30.2 Å². The first kappa shape index (κ1) is 21.9. The van der Waals surface area contributed by atoms with Gasteiger partial charge in [-0.05, 0) is 48.9 Å². The van der Waals surface area contributed by atoms with Gasteiger partial charge in [-0.3, -0.25) is 9.59 Å². The van der Waals surface area contributed by atoms with Crippen molar-refractivity contribution in [3.05, 3.63) is 83.1 Å². The number of aliphatic carboxylic acids is 1. The van der Waals surface area contributed by atoms with Crippen molar-refractivity contribution in [2.24, 2.45) is 0 Å². The molecule has 0 radical (unpaired) electrons. The maximum Gasteiger partial charge on any atom is 0.305 e. The number of carbonyl (C=O) groups is 2. The molecule has 8 heteroatoms. The van der Waals surface area contributed by atoms with E-state index in [0.29, 0.717) is 22.6 Å². The Morgan fingerprint density at radius 2 is 1.84 bits per heavy atom. The van der Waals surface area contributed by atoms with E-state index in [0.717, 1.165) is 0 Å². The largest absolute Gasteiger partial charge is 0.494 e. The number of hydrogen-bond donors (Lipinski definition) is 2. The zero-order valence-corrected chi connectivity index (χ0v) is 16.9. The lowest BCUT2D eigenvalue weighted by atomic mass is 10.0. The maximum absolute atomic E-state index is 14.2. The molecule has 0 bridgehead atoms. The molecule has 2 aromatic carbocycles. The standard InChI is InChI=1S/C23H20F2N2O4/c1-13-11-14(7-8-16(13)24)22-20(31-2)10-9-18(26-22)23(30)27-19(12-21(28)29)15-5-3-4-6-17(15)25/h3-11,19H,12H2,1-2H3,(H,27,30)(H,28,29)/t19-/m0/s1. The zero-order chi connectivity index (χ0) is 22.5. The van der Waals surface area contributed by atoms with Crippen LogP contribution in [-0.4, -0.2) is 29.1 Å². The van der Waals surface area contributed by atoms with Crippen LogP contribution in [0.2, 0.25) is 0 Å². The van der Waals surface area contributed by atoms with Gasteiger partial charge in [-0.1, -0.05) is 18.2 Å². The van der Waals surface area contributed by atoms with Gasteiger partial charge in [0.25, 0.3) is 5.91 Å². The van der Waals surface area contributed by atoms with Crippen LogP contribution in [0.4, 0.5) is 8.78 Å². The molecule has 3 rings (SSSR count). The normalized spacial score (nSPS) is 11.6. The van der Waals surface area contributed by atoms with Crippen molar-refractivity contribution in [2.45, 2.75) is 19.4 Å². The predicted octanol–water partition coefficient (Wildman–Crippen LogP) is 4.29. The molecular weight excluding hydrogens is 406 g/mol. The average Bonchev–Trinajstić information content (AvgIpc) is 2.74. The molecule has 160 valence electrons. The summed E-state index contributed by atoms with van der Waals surface area (Å²) in [4.78, 5) is 28.4. The van der Waals surface area contributed by atoms with E-state index in [-0.39, 0.29) is 17.1 Å². The highest BCUT2D eigenvalue weighted by molar-refractivity contribution is 5.93. The number of aromatic nitrogens is 1. The molecule has 31 heavy (non-hydrogen) atoms. The highest BCUT2D eigenvalue weighted by Gasteiger charge is 2.23. The molecular formula is C23H20F2N2O4. The second-order valence-corrected chi connectivity index (χ2v) is 6.86. The van der Waals surface area contributed by atoms with E-state index in [1.54, 1.807) is 19.1 Å². The third kappa shape index (κ3) is 5.03. The minimum atomic E-state index is -1.20. The highest BCUT2D eigenvalue weighted by Crippen LogP contribution is 2.30. The Labute approximate surface area is 177 Å². The van der Waals surface area contributed by atoms with Crippen LogP contribution in [0, 0.1) is 18.6 Å². The molecule has 1 aromatic heterocycles. The highest BCUT2D eigenvalue weighted by atomic mass is 19.1. The molecule has 0 unspecified atom stereocenters. The summed E-state index contributed by atoms with van der Waals surface area (Å²) in [5.74, 6) is -2.51. The summed E-state index contributed by atoms with van der Waals surface area (Å²) in [5, 5.41) is 11.7. The molecule has 1 heterocycles. The lowest BCUT2D eigenvalue weighted by Crippen LogP contribution is -2.31. The van der Waals surface area contributed by atoms with Gasteiger partial charge in [-0.2, -0.15) is 0 Å². The minimum Gasteiger partial charge on any atom is -0.494 e. The number of carboxylic acids is 1. The van der Waals surface area contributed by atoms with Gasteiger partial charge in [0.05, 0.1) is 19.6 Å². The SMILES string of the molecule is COc1ccc(C(=O)N[C@@H](CC(=O)O)c2ccccc2F)nc1-c1ccc(F)c(C)c1. The number of amides is 1. The van der Waals surface area contributed by atoms with E-state index in [4.69, 9.17) is 4.74 Å². The number of hydrogen-bond acceptors (Lipinski definition) is 4. The van der Waals surface area contributed by atoms with Crippen LogP contribution in [0.1, 0.15) is 34.1 Å². The molecule has 0 aliphatic carbocycles. The van der Waals surface area contributed by atoms with Gasteiger partial charge in [-0.15, -0.1) is 0 Å². The molecule has 2 N–H and O–H groups in total. The smallest absolute Gasteiger partial charge is 0.305 e. The molecule has 0 fully saturated rings. The molecule has 0 spiro atoms. The molecule has 6 nitrogen and oxygen atoms in total. The van der Waals surface area contributed by atoms with E-state index in [1.165, 1.54) is 49.6 Å². The number of nitrogens with zero attached hydrogens (tertiary/aromatic N) is 1. The van der Waals surface area contributed by atoms with E-state index in [9.17, 15) is 23.5 Å². The molecule has 1 amide bonds. The monoisotopic (exact) mass is 426 g/mol. The number of methoxy groups -OCH3 is 1. The fourth-order valence-electron chi connectivity index (χ4n) is 3.14. The lowest BCUT2D eigenvalue weighted by Gasteiger charge is -2.18. The third-order valence-corrected chi connectivity index (χ3v) is 4.71. The molecule has 1 atom stereocenters. The van der Waals surface area contributed by atoms with Crippen LogP contribution < -0.4 is 10.1 Å². The Morgan fingerprint density at radius 1 is 1.10 bits per heavy atom. The van der Waals surface area contributed by atoms with Gasteiger partial charge in [-0.25, -0.2) is 13.8 Å².